The maximum Gasteiger partial charge on any atom is 0.0930 e. The average molecular weight is 157 g/mol. The van der Waals surface area contributed by atoms with Crippen molar-refractivity contribution in [2.45, 2.75) is 64.9 Å². The van der Waals surface area contributed by atoms with Gasteiger partial charge in [-0.25, -0.2) is 5.11 Å². The molecule has 1 atom stereocenters. The fraction of sp³-hybridized carbons (Fsp3) is 1.00. The van der Waals surface area contributed by atoms with Crippen molar-refractivity contribution in [3.05, 3.63) is 0 Å². The Hall–Kier alpha value is -0.0400. The Morgan fingerprint density at radius 2 is 1.64 bits per heavy atom. The summed E-state index contributed by atoms with van der Waals surface area (Å²) in [6, 6.07) is 0. The van der Waals surface area contributed by atoms with Gasteiger partial charge < -0.3 is 0 Å². The van der Waals surface area contributed by atoms with Gasteiger partial charge >= 0.3 is 0 Å². The molecule has 0 fully saturated rings. The molecular formula is C10H21O. The second-order valence-electron chi connectivity index (χ2n) is 3.26. The van der Waals surface area contributed by atoms with Crippen molar-refractivity contribution in [1.82, 2.24) is 0 Å². The third kappa shape index (κ3) is 7.86. The molecule has 0 aliphatic rings. The first kappa shape index (κ1) is 11.0. The van der Waals surface area contributed by atoms with E-state index in [0.29, 0.717) is 0 Å². The minimum absolute atomic E-state index is 0.281. The van der Waals surface area contributed by atoms with Crippen LogP contribution in [0.4, 0.5) is 0 Å². The summed E-state index contributed by atoms with van der Waals surface area (Å²) in [5, 5.41) is 11.1. The molecule has 1 radical (unpaired) electrons. The van der Waals surface area contributed by atoms with E-state index in [1.54, 1.807) is 0 Å². The Balaban J connectivity index is 2.97. The molecule has 1 unspecified atom stereocenters. The number of rotatable bonds is 7. The van der Waals surface area contributed by atoms with Gasteiger partial charge in [-0.3, -0.25) is 0 Å². The van der Waals surface area contributed by atoms with Gasteiger partial charge in [0, 0.05) is 0 Å². The Bertz CT molecular complexity index is 71.3. The van der Waals surface area contributed by atoms with Crippen molar-refractivity contribution in [2.24, 2.45) is 0 Å². The maximum atomic E-state index is 11.1. The van der Waals surface area contributed by atoms with Gasteiger partial charge in [-0.15, -0.1) is 0 Å². The second-order valence-corrected chi connectivity index (χ2v) is 3.26. The van der Waals surface area contributed by atoms with E-state index in [0.717, 1.165) is 25.7 Å². The van der Waals surface area contributed by atoms with Gasteiger partial charge in [0.15, 0.2) is 0 Å². The van der Waals surface area contributed by atoms with E-state index in [9.17, 15) is 5.11 Å². The summed E-state index contributed by atoms with van der Waals surface area (Å²) < 4.78 is 0. The molecule has 0 aromatic heterocycles. The molecule has 0 amide bonds. The zero-order valence-corrected chi connectivity index (χ0v) is 7.94. The summed E-state index contributed by atoms with van der Waals surface area (Å²) in [4.78, 5) is 0. The third-order valence-electron chi connectivity index (χ3n) is 1.99. The van der Waals surface area contributed by atoms with Crippen LogP contribution in [-0.4, -0.2) is 6.10 Å². The van der Waals surface area contributed by atoms with E-state index in [4.69, 9.17) is 0 Å². The minimum atomic E-state index is -0.281. The zero-order valence-electron chi connectivity index (χ0n) is 7.94. The molecule has 0 aromatic carbocycles. The molecule has 11 heavy (non-hydrogen) atoms. The van der Waals surface area contributed by atoms with Crippen LogP contribution in [0.15, 0.2) is 0 Å². The second kappa shape index (κ2) is 8.06. The van der Waals surface area contributed by atoms with Crippen molar-refractivity contribution in [3.8, 4) is 0 Å². The maximum absolute atomic E-state index is 11.1. The number of unbranched alkanes of at least 4 members (excludes halogenated alkanes) is 3. The molecule has 0 aromatic rings. The first-order valence-corrected chi connectivity index (χ1v) is 4.97. The summed E-state index contributed by atoms with van der Waals surface area (Å²) in [6.07, 6.45) is 7.47. The lowest BCUT2D eigenvalue weighted by molar-refractivity contribution is 0.0707. The highest BCUT2D eigenvalue weighted by Gasteiger charge is 2.02. The van der Waals surface area contributed by atoms with E-state index in [2.05, 4.69) is 13.8 Å². The van der Waals surface area contributed by atoms with E-state index < -0.39 is 0 Å². The molecule has 0 aliphatic carbocycles. The van der Waals surface area contributed by atoms with Crippen LogP contribution in [0.1, 0.15) is 58.8 Å². The van der Waals surface area contributed by atoms with Crippen LogP contribution in [0.5, 0.6) is 0 Å². The first-order valence-electron chi connectivity index (χ1n) is 4.97. The van der Waals surface area contributed by atoms with Gasteiger partial charge in [-0.05, 0) is 12.8 Å². The highest BCUT2D eigenvalue weighted by Crippen LogP contribution is 2.09. The number of hydrogen-bond donors (Lipinski definition) is 0. The molecule has 1 nitrogen and oxygen atoms in total. The van der Waals surface area contributed by atoms with E-state index in [-0.39, 0.29) is 6.10 Å². The van der Waals surface area contributed by atoms with Crippen LogP contribution in [0, 0.1) is 0 Å². The molecule has 0 aliphatic heterocycles. The Morgan fingerprint density at radius 3 is 2.18 bits per heavy atom. The van der Waals surface area contributed by atoms with Gasteiger partial charge in [0.2, 0.25) is 0 Å². The van der Waals surface area contributed by atoms with Crippen LogP contribution in [0.2, 0.25) is 0 Å². The molecule has 0 N–H and O–H groups in total. The lowest BCUT2D eigenvalue weighted by atomic mass is 10.1. The highest BCUT2D eigenvalue weighted by atomic mass is 16.3. The van der Waals surface area contributed by atoms with Crippen molar-refractivity contribution in [2.75, 3.05) is 0 Å². The zero-order chi connectivity index (χ0) is 8.53. The SMILES string of the molecule is CCCCCCC([O])CCC. The molecule has 1 heteroatoms. The van der Waals surface area contributed by atoms with Crippen LogP contribution < -0.4 is 0 Å². The van der Waals surface area contributed by atoms with Crippen LogP contribution in [0.25, 0.3) is 0 Å². The third-order valence-corrected chi connectivity index (χ3v) is 1.99. The molecule has 0 bridgehead atoms. The van der Waals surface area contributed by atoms with Crippen LogP contribution in [-0.2, 0) is 5.11 Å². The largest absolute Gasteiger partial charge is 0.233 e. The predicted molar refractivity (Wildman–Crippen MR) is 48.1 cm³/mol. The minimum Gasteiger partial charge on any atom is -0.233 e. The Kier molecular flexibility index (Phi) is 8.03. The summed E-state index contributed by atoms with van der Waals surface area (Å²) in [6.45, 7) is 4.28. The predicted octanol–water partition coefficient (Wildman–Crippen LogP) is 3.56. The molecule has 0 rings (SSSR count). The Morgan fingerprint density at radius 1 is 0.909 bits per heavy atom. The van der Waals surface area contributed by atoms with Crippen LogP contribution >= 0.6 is 0 Å². The molecule has 67 valence electrons. The van der Waals surface area contributed by atoms with Gasteiger partial charge in [-0.1, -0.05) is 46.0 Å². The standard InChI is InChI=1S/C10H21O/c1-3-5-6-7-9-10(11)8-4-2/h10H,3-9H2,1-2H3. The summed E-state index contributed by atoms with van der Waals surface area (Å²) in [5.74, 6) is 0. The highest BCUT2D eigenvalue weighted by molar-refractivity contribution is 4.54. The molecule has 0 spiro atoms. The summed E-state index contributed by atoms with van der Waals surface area (Å²) >= 11 is 0. The van der Waals surface area contributed by atoms with Crippen molar-refractivity contribution >= 4 is 0 Å². The monoisotopic (exact) mass is 157 g/mol. The van der Waals surface area contributed by atoms with Crippen molar-refractivity contribution in [1.29, 1.82) is 0 Å². The topological polar surface area (TPSA) is 19.9 Å². The molecule has 0 heterocycles. The fourth-order valence-electron chi connectivity index (χ4n) is 1.27. The van der Waals surface area contributed by atoms with E-state index in [1.165, 1.54) is 19.3 Å². The smallest absolute Gasteiger partial charge is 0.0930 e. The first-order chi connectivity index (χ1) is 5.31. The lowest BCUT2D eigenvalue weighted by Gasteiger charge is -2.05. The van der Waals surface area contributed by atoms with Gasteiger partial charge in [0.1, 0.15) is 0 Å². The van der Waals surface area contributed by atoms with Gasteiger partial charge in [0.25, 0.3) is 0 Å². The van der Waals surface area contributed by atoms with E-state index >= 15 is 0 Å². The Labute approximate surface area is 70.8 Å². The normalized spacial score (nSPS) is 13.4. The molecular weight excluding hydrogens is 136 g/mol. The van der Waals surface area contributed by atoms with Crippen LogP contribution in [0.3, 0.4) is 0 Å². The fourth-order valence-corrected chi connectivity index (χ4v) is 1.27. The van der Waals surface area contributed by atoms with Crippen molar-refractivity contribution < 1.29 is 5.11 Å². The summed E-state index contributed by atoms with van der Waals surface area (Å²) in [7, 11) is 0. The number of hydrogen-bond acceptors (Lipinski definition) is 0. The molecule has 0 saturated heterocycles. The van der Waals surface area contributed by atoms with Crippen molar-refractivity contribution in [3.63, 3.8) is 0 Å². The summed E-state index contributed by atoms with van der Waals surface area (Å²) in [5.41, 5.74) is 0. The molecule has 0 saturated carbocycles. The van der Waals surface area contributed by atoms with Gasteiger partial charge in [-0.2, -0.15) is 0 Å². The van der Waals surface area contributed by atoms with E-state index in [1.807, 2.05) is 0 Å². The quantitative estimate of drug-likeness (QED) is 0.504. The average Bonchev–Trinajstić information content (AvgIpc) is 1.99. The lowest BCUT2D eigenvalue weighted by Crippen LogP contribution is -2.02. The van der Waals surface area contributed by atoms with Gasteiger partial charge in [0.05, 0.1) is 6.10 Å².